The van der Waals surface area contributed by atoms with Gasteiger partial charge >= 0.3 is 0 Å². The third-order valence-electron chi connectivity index (χ3n) is 3.22. The number of likely N-dealkylation sites (tertiary alicyclic amines) is 1. The minimum absolute atomic E-state index is 0.0316. The zero-order valence-electron chi connectivity index (χ0n) is 11.6. The number of carbonyl (C=O) groups is 2. The lowest BCUT2D eigenvalue weighted by Crippen LogP contribution is -2.30. The Hall–Kier alpha value is -1.95. The summed E-state index contributed by atoms with van der Waals surface area (Å²) in [4.78, 5) is 29.9. The van der Waals surface area contributed by atoms with Gasteiger partial charge in [-0.3, -0.25) is 14.6 Å². The molecule has 0 saturated carbocycles. The normalized spacial score (nSPS) is 14.3. The third-order valence-corrected chi connectivity index (χ3v) is 3.22. The van der Waals surface area contributed by atoms with Crippen LogP contribution in [-0.2, 0) is 4.74 Å². The van der Waals surface area contributed by atoms with Crippen LogP contribution in [-0.4, -0.2) is 55.0 Å². The number of aromatic nitrogens is 1. The summed E-state index contributed by atoms with van der Waals surface area (Å²) in [6.45, 7) is 2.44. The van der Waals surface area contributed by atoms with Gasteiger partial charge < -0.3 is 15.0 Å². The summed E-state index contributed by atoms with van der Waals surface area (Å²) in [5.41, 5.74) is 0.768. The molecule has 1 aliphatic rings. The first-order chi connectivity index (χ1) is 9.72. The fourth-order valence-corrected chi connectivity index (χ4v) is 2.15. The van der Waals surface area contributed by atoms with E-state index in [0.29, 0.717) is 18.7 Å². The second-order valence-corrected chi connectivity index (χ2v) is 4.68. The van der Waals surface area contributed by atoms with E-state index in [2.05, 4.69) is 10.3 Å². The van der Waals surface area contributed by atoms with Crippen molar-refractivity contribution in [2.45, 2.75) is 12.8 Å². The van der Waals surface area contributed by atoms with Gasteiger partial charge in [0, 0.05) is 38.5 Å². The van der Waals surface area contributed by atoms with E-state index in [1.165, 1.54) is 6.20 Å². The van der Waals surface area contributed by atoms with Crippen LogP contribution in [0.1, 0.15) is 33.7 Å². The van der Waals surface area contributed by atoms with Gasteiger partial charge in [0.05, 0.1) is 6.61 Å². The molecule has 1 aromatic rings. The highest BCUT2D eigenvalue weighted by atomic mass is 16.5. The number of nitrogens with zero attached hydrogens (tertiary/aromatic N) is 2. The standard InChI is InChI=1S/C14H19N3O3/c1-20-9-6-16-13(18)12-10-11(4-5-15-12)14(19)17-7-2-3-8-17/h4-5,10H,2-3,6-9H2,1H3,(H,16,18). The topological polar surface area (TPSA) is 71.5 Å². The van der Waals surface area contributed by atoms with E-state index < -0.39 is 0 Å². The lowest BCUT2D eigenvalue weighted by molar-refractivity contribution is 0.0792. The summed E-state index contributed by atoms with van der Waals surface area (Å²) in [7, 11) is 1.57. The molecular formula is C14H19N3O3. The molecule has 6 nitrogen and oxygen atoms in total. The molecule has 1 fully saturated rings. The van der Waals surface area contributed by atoms with E-state index in [0.717, 1.165) is 25.9 Å². The van der Waals surface area contributed by atoms with Gasteiger partial charge in [-0.05, 0) is 25.0 Å². The number of rotatable bonds is 5. The first kappa shape index (κ1) is 14.5. The van der Waals surface area contributed by atoms with Gasteiger partial charge in [0.1, 0.15) is 5.69 Å². The summed E-state index contributed by atoms with van der Waals surface area (Å²) in [6, 6.07) is 3.19. The molecule has 1 saturated heterocycles. The number of ether oxygens (including phenoxy) is 1. The maximum Gasteiger partial charge on any atom is 0.269 e. The molecule has 0 atom stereocenters. The quantitative estimate of drug-likeness (QED) is 0.804. The highest BCUT2D eigenvalue weighted by molar-refractivity contribution is 5.98. The van der Waals surface area contributed by atoms with E-state index in [4.69, 9.17) is 4.74 Å². The molecule has 2 rings (SSSR count). The van der Waals surface area contributed by atoms with Gasteiger partial charge in [0.25, 0.3) is 11.8 Å². The molecule has 0 spiro atoms. The molecule has 0 radical (unpaired) electrons. The molecule has 0 aliphatic carbocycles. The van der Waals surface area contributed by atoms with Gasteiger partial charge in [0.15, 0.2) is 0 Å². The minimum atomic E-state index is -0.293. The number of methoxy groups -OCH3 is 1. The van der Waals surface area contributed by atoms with Crippen molar-refractivity contribution in [3.63, 3.8) is 0 Å². The molecule has 0 bridgehead atoms. The van der Waals surface area contributed by atoms with Crippen LogP contribution in [0.15, 0.2) is 18.3 Å². The van der Waals surface area contributed by atoms with Gasteiger partial charge in [-0.1, -0.05) is 0 Å². The van der Waals surface area contributed by atoms with Crippen LogP contribution in [0.3, 0.4) is 0 Å². The SMILES string of the molecule is COCCNC(=O)c1cc(C(=O)N2CCCC2)ccn1. The van der Waals surface area contributed by atoms with Gasteiger partial charge in [-0.2, -0.15) is 0 Å². The summed E-state index contributed by atoms with van der Waals surface area (Å²) < 4.78 is 4.86. The molecule has 0 aromatic carbocycles. The zero-order valence-corrected chi connectivity index (χ0v) is 11.6. The Labute approximate surface area is 118 Å². The number of hydrogen-bond donors (Lipinski definition) is 1. The van der Waals surface area contributed by atoms with Crippen molar-refractivity contribution < 1.29 is 14.3 Å². The van der Waals surface area contributed by atoms with Crippen molar-refractivity contribution in [3.8, 4) is 0 Å². The van der Waals surface area contributed by atoms with E-state index in [1.54, 1.807) is 19.2 Å². The first-order valence-corrected chi connectivity index (χ1v) is 6.75. The number of hydrogen-bond acceptors (Lipinski definition) is 4. The fraction of sp³-hybridized carbons (Fsp3) is 0.500. The van der Waals surface area contributed by atoms with Gasteiger partial charge in [-0.25, -0.2) is 0 Å². The minimum Gasteiger partial charge on any atom is -0.383 e. The molecule has 6 heteroatoms. The number of amides is 2. The summed E-state index contributed by atoms with van der Waals surface area (Å²) in [5, 5.41) is 2.68. The summed E-state index contributed by atoms with van der Waals surface area (Å²) in [6.07, 6.45) is 3.58. The zero-order chi connectivity index (χ0) is 14.4. The smallest absolute Gasteiger partial charge is 0.269 e. The Morgan fingerprint density at radius 2 is 2.15 bits per heavy atom. The molecule has 1 N–H and O–H groups in total. The number of carbonyl (C=O) groups excluding carboxylic acids is 2. The number of pyridine rings is 1. The Bertz CT molecular complexity index is 484. The molecule has 2 amide bonds. The van der Waals surface area contributed by atoms with Crippen LogP contribution in [0, 0.1) is 0 Å². The predicted molar refractivity (Wildman–Crippen MR) is 73.6 cm³/mol. The van der Waals surface area contributed by atoms with E-state index in [-0.39, 0.29) is 17.5 Å². The third kappa shape index (κ3) is 3.54. The fourth-order valence-electron chi connectivity index (χ4n) is 2.15. The maximum atomic E-state index is 12.2. The molecule has 1 aromatic heterocycles. The predicted octanol–water partition coefficient (Wildman–Crippen LogP) is 0.694. The van der Waals surface area contributed by atoms with E-state index >= 15 is 0 Å². The summed E-state index contributed by atoms with van der Waals surface area (Å²) >= 11 is 0. The van der Waals surface area contributed by atoms with Crippen LogP contribution in [0.25, 0.3) is 0 Å². The lowest BCUT2D eigenvalue weighted by Gasteiger charge is -2.15. The van der Waals surface area contributed by atoms with Crippen molar-refractivity contribution in [3.05, 3.63) is 29.6 Å². The highest BCUT2D eigenvalue weighted by Gasteiger charge is 2.20. The monoisotopic (exact) mass is 277 g/mol. The molecule has 108 valence electrons. The van der Waals surface area contributed by atoms with Crippen LogP contribution in [0.4, 0.5) is 0 Å². The Balaban J connectivity index is 2.03. The van der Waals surface area contributed by atoms with Gasteiger partial charge in [0.2, 0.25) is 0 Å². The Morgan fingerprint density at radius 1 is 1.40 bits per heavy atom. The average Bonchev–Trinajstić information content (AvgIpc) is 3.01. The van der Waals surface area contributed by atoms with E-state index in [1.807, 2.05) is 4.90 Å². The maximum absolute atomic E-state index is 12.2. The van der Waals surface area contributed by atoms with Crippen LogP contribution < -0.4 is 5.32 Å². The Kier molecular flexibility index (Phi) is 5.06. The highest BCUT2D eigenvalue weighted by Crippen LogP contribution is 2.13. The van der Waals surface area contributed by atoms with Crippen molar-refractivity contribution in [2.75, 3.05) is 33.4 Å². The lowest BCUT2D eigenvalue weighted by atomic mass is 10.2. The van der Waals surface area contributed by atoms with Crippen molar-refractivity contribution in [1.29, 1.82) is 0 Å². The first-order valence-electron chi connectivity index (χ1n) is 6.75. The molecular weight excluding hydrogens is 258 g/mol. The largest absolute Gasteiger partial charge is 0.383 e. The summed E-state index contributed by atoms with van der Waals surface area (Å²) in [5.74, 6) is -0.325. The van der Waals surface area contributed by atoms with Crippen molar-refractivity contribution in [2.24, 2.45) is 0 Å². The molecule has 1 aliphatic heterocycles. The van der Waals surface area contributed by atoms with E-state index in [9.17, 15) is 9.59 Å². The van der Waals surface area contributed by atoms with Crippen LogP contribution >= 0.6 is 0 Å². The molecule has 0 unspecified atom stereocenters. The second-order valence-electron chi connectivity index (χ2n) is 4.68. The van der Waals surface area contributed by atoms with Crippen molar-refractivity contribution in [1.82, 2.24) is 15.2 Å². The second kappa shape index (κ2) is 7.00. The molecule has 20 heavy (non-hydrogen) atoms. The van der Waals surface area contributed by atoms with Crippen LogP contribution in [0.2, 0.25) is 0 Å². The number of nitrogens with one attached hydrogen (secondary N) is 1. The Morgan fingerprint density at radius 3 is 2.85 bits per heavy atom. The van der Waals surface area contributed by atoms with Crippen molar-refractivity contribution >= 4 is 11.8 Å². The average molecular weight is 277 g/mol. The van der Waals surface area contributed by atoms with Gasteiger partial charge in [-0.15, -0.1) is 0 Å². The molecule has 2 heterocycles. The van der Waals surface area contributed by atoms with Crippen LogP contribution in [0.5, 0.6) is 0 Å².